The fourth-order valence-electron chi connectivity index (χ4n) is 3.94. The van der Waals surface area contributed by atoms with E-state index in [1.54, 1.807) is 20.8 Å². The van der Waals surface area contributed by atoms with E-state index in [9.17, 15) is 14.5 Å². The molecular formula is C28H58NO8P. The highest BCUT2D eigenvalue weighted by Gasteiger charge is 2.33. The number of phosphoric acid groups is 1. The van der Waals surface area contributed by atoms with Crippen LogP contribution in [0.5, 0.6) is 0 Å². The SMILES string of the molecule is CCCCCCCCCCCCCCCCCCOCC(O)COP(=O)(OCCNC(=O)O)OC(C)(C)C. The molecule has 0 bridgehead atoms. The predicted molar refractivity (Wildman–Crippen MR) is 153 cm³/mol. The van der Waals surface area contributed by atoms with Gasteiger partial charge in [-0.05, 0) is 27.2 Å². The summed E-state index contributed by atoms with van der Waals surface area (Å²) in [7, 11) is -3.98. The first-order chi connectivity index (χ1) is 18.1. The summed E-state index contributed by atoms with van der Waals surface area (Å²) in [6.45, 7) is 7.43. The van der Waals surface area contributed by atoms with Gasteiger partial charge in [0, 0.05) is 13.2 Å². The Balaban J connectivity index is 3.70. The lowest BCUT2D eigenvalue weighted by molar-refractivity contribution is -0.0122. The van der Waals surface area contributed by atoms with Crippen molar-refractivity contribution in [1.82, 2.24) is 5.32 Å². The molecule has 0 aromatic carbocycles. The first kappa shape index (κ1) is 37.3. The maximum atomic E-state index is 12.8. The molecule has 0 aliphatic rings. The molecule has 38 heavy (non-hydrogen) atoms. The summed E-state index contributed by atoms with van der Waals surface area (Å²) in [6, 6.07) is 0. The Kier molecular flexibility index (Phi) is 23.7. The number of phosphoric ester groups is 1. The molecule has 0 aromatic rings. The van der Waals surface area contributed by atoms with Gasteiger partial charge < -0.3 is 20.3 Å². The molecule has 0 radical (unpaired) electrons. The van der Waals surface area contributed by atoms with Gasteiger partial charge in [0.1, 0.15) is 6.10 Å². The van der Waals surface area contributed by atoms with Gasteiger partial charge in [0.25, 0.3) is 0 Å². The number of aliphatic hydroxyl groups is 1. The third-order valence-electron chi connectivity index (χ3n) is 5.89. The van der Waals surface area contributed by atoms with Crippen molar-refractivity contribution in [1.29, 1.82) is 0 Å². The van der Waals surface area contributed by atoms with Crippen LogP contribution in [0.25, 0.3) is 0 Å². The molecule has 0 aliphatic heterocycles. The van der Waals surface area contributed by atoms with Gasteiger partial charge in [0.05, 0.1) is 25.4 Å². The van der Waals surface area contributed by atoms with Crippen LogP contribution < -0.4 is 5.32 Å². The van der Waals surface area contributed by atoms with Crippen LogP contribution in [0, 0.1) is 0 Å². The summed E-state index contributed by atoms with van der Waals surface area (Å²) >= 11 is 0. The van der Waals surface area contributed by atoms with Gasteiger partial charge in [-0.1, -0.05) is 103 Å². The third kappa shape index (κ3) is 26.9. The zero-order valence-electron chi connectivity index (χ0n) is 24.7. The Labute approximate surface area is 232 Å². The number of carboxylic acid groups (broad SMARTS) is 1. The molecule has 0 rings (SSSR count). The van der Waals surface area contributed by atoms with E-state index in [4.69, 9.17) is 23.4 Å². The summed E-state index contributed by atoms with van der Waals surface area (Å²) in [4.78, 5) is 10.5. The van der Waals surface area contributed by atoms with Crippen molar-refractivity contribution in [2.75, 3.05) is 33.0 Å². The fourth-order valence-corrected chi connectivity index (χ4v) is 5.46. The number of hydrogen-bond acceptors (Lipinski definition) is 7. The highest BCUT2D eigenvalue weighted by molar-refractivity contribution is 7.48. The number of unbranched alkanes of at least 4 members (excludes halogenated alkanes) is 15. The van der Waals surface area contributed by atoms with Gasteiger partial charge in [-0.2, -0.15) is 0 Å². The van der Waals surface area contributed by atoms with Crippen LogP contribution in [0.3, 0.4) is 0 Å². The molecular weight excluding hydrogens is 509 g/mol. The number of rotatable bonds is 27. The van der Waals surface area contributed by atoms with E-state index in [0.29, 0.717) is 6.61 Å². The second-order valence-electron chi connectivity index (χ2n) is 11.0. The standard InChI is InChI=1S/C28H58NO8P/c1-5-6-7-8-9-10-11-12-13-14-15-16-17-18-19-20-22-34-24-26(30)25-36-38(33,37-28(2,3)4)35-23-21-29-27(31)32/h26,29-30H,5-25H2,1-4H3,(H,31,32). The van der Waals surface area contributed by atoms with Crippen LogP contribution in [0.15, 0.2) is 0 Å². The van der Waals surface area contributed by atoms with Crippen molar-refractivity contribution in [3.8, 4) is 0 Å². The average Bonchev–Trinajstić information content (AvgIpc) is 2.83. The zero-order chi connectivity index (χ0) is 28.5. The van der Waals surface area contributed by atoms with Gasteiger partial charge in [0.2, 0.25) is 0 Å². The molecule has 1 amide bonds. The summed E-state index contributed by atoms with van der Waals surface area (Å²) in [5, 5.41) is 20.8. The van der Waals surface area contributed by atoms with Crippen LogP contribution in [-0.4, -0.2) is 61.0 Å². The minimum absolute atomic E-state index is 0.0643. The van der Waals surface area contributed by atoms with Gasteiger partial charge in [-0.25, -0.2) is 9.36 Å². The topological polar surface area (TPSA) is 124 Å². The summed E-state index contributed by atoms with van der Waals surface area (Å²) < 4.78 is 34.2. The third-order valence-corrected chi connectivity index (χ3v) is 7.63. The minimum atomic E-state index is -3.98. The van der Waals surface area contributed by atoms with Crippen LogP contribution in [-0.2, 0) is 22.9 Å². The first-order valence-corrected chi connectivity index (χ1v) is 16.4. The zero-order valence-corrected chi connectivity index (χ0v) is 25.6. The van der Waals surface area contributed by atoms with Crippen LogP contribution >= 0.6 is 7.82 Å². The minimum Gasteiger partial charge on any atom is -0.465 e. The van der Waals surface area contributed by atoms with E-state index in [0.717, 1.165) is 12.8 Å². The molecule has 0 saturated heterocycles. The van der Waals surface area contributed by atoms with Crippen molar-refractivity contribution in [2.45, 2.75) is 142 Å². The van der Waals surface area contributed by atoms with E-state index in [2.05, 4.69) is 12.2 Å². The summed E-state index contributed by atoms with van der Waals surface area (Å²) in [5.74, 6) is 0. The molecule has 9 nitrogen and oxygen atoms in total. The molecule has 0 spiro atoms. The number of hydrogen-bond donors (Lipinski definition) is 3. The highest BCUT2D eigenvalue weighted by atomic mass is 31.2. The molecule has 0 saturated carbocycles. The molecule has 0 aromatic heterocycles. The Morgan fingerprint density at radius 3 is 1.68 bits per heavy atom. The quantitative estimate of drug-likeness (QED) is 0.0677. The normalized spacial score (nSPS) is 14.3. The lowest BCUT2D eigenvalue weighted by Crippen LogP contribution is -2.27. The van der Waals surface area contributed by atoms with E-state index in [1.807, 2.05) is 0 Å². The Morgan fingerprint density at radius 1 is 0.763 bits per heavy atom. The number of amides is 1. The van der Waals surface area contributed by atoms with Gasteiger partial charge in [-0.15, -0.1) is 0 Å². The van der Waals surface area contributed by atoms with Gasteiger partial charge in [-0.3, -0.25) is 13.6 Å². The fraction of sp³-hybridized carbons (Fsp3) is 0.964. The molecule has 0 aliphatic carbocycles. The average molecular weight is 568 g/mol. The highest BCUT2D eigenvalue weighted by Crippen LogP contribution is 2.52. The van der Waals surface area contributed by atoms with E-state index in [1.165, 1.54) is 89.9 Å². The lowest BCUT2D eigenvalue weighted by Gasteiger charge is -2.26. The largest absolute Gasteiger partial charge is 0.475 e. The molecule has 2 atom stereocenters. The number of aliphatic hydroxyl groups excluding tert-OH is 1. The van der Waals surface area contributed by atoms with E-state index < -0.39 is 25.6 Å². The molecule has 3 N–H and O–H groups in total. The molecule has 10 heteroatoms. The van der Waals surface area contributed by atoms with Crippen LogP contribution in [0.1, 0.15) is 130 Å². The summed E-state index contributed by atoms with van der Waals surface area (Å²) in [5.41, 5.74) is -0.815. The second-order valence-corrected chi connectivity index (χ2v) is 12.6. The van der Waals surface area contributed by atoms with E-state index >= 15 is 0 Å². The van der Waals surface area contributed by atoms with Crippen molar-refractivity contribution < 1.29 is 37.9 Å². The van der Waals surface area contributed by atoms with Gasteiger partial charge >= 0.3 is 13.9 Å². The molecule has 0 fully saturated rings. The van der Waals surface area contributed by atoms with Crippen molar-refractivity contribution in [3.05, 3.63) is 0 Å². The second kappa shape index (κ2) is 24.1. The van der Waals surface area contributed by atoms with E-state index in [-0.39, 0.29) is 26.4 Å². The maximum absolute atomic E-state index is 12.8. The number of nitrogens with one attached hydrogen (secondary N) is 1. The monoisotopic (exact) mass is 567 g/mol. The number of carbonyl (C=O) groups is 1. The Hall–Kier alpha value is -0.700. The Morgan fingerprint density at radius 2 is 1.24 bits per heavy atom. The van der Waals surface area contributed by atoms with Crippen molar-refractivity contribution >= 4 is 13.9 Å². The van der Waals surface area contributed by atoms with Crippen LogP contribution in [0.2, 0.25) is 0 Å². The maximum Gasteiger partial charge on any atom is 0.475 e. The number of ether oxygens (including phenoxy) is 1. The van der Waals surface area contributed by atoms with Crippen LogP contribution in [0.4, 0.5) is 4.79 Å². The first-order valence-electron chi connectivity index (χ1n) is 14.9. The molecule has 0 heterocycles. The predicted octanol–water partition coefficient (Wildman–Crippen LogP) is 7.85. The van der Waals surface area contributed by atoms with Crippen molar-refractivity contribution in [2.24, 2.45) is 0 Å². The smallest absolute Gasteiger partial charge is 0.465 e. The Bertz CT molecular complexity index is 600. The van der Waals surface area contributed by atoms with Gasteiger partial charge in [0.15, 0.2) is 0 Å². The lowest BCUT2D eigenvalue weighted by atomic mass is 10.0. The molecule has 228 valence electrons. The van der Waals surface area contributed by atoms with Crippen molar-refractivity contribution in [3.63, 3.8) is 0 Å². The summed E-state index contributed by atoms with van der Waals surface area (Å²) in [6.07, 6.45) is 18.8. The molecule has 2 unspecified atom stereocenters.